The lowest BCUT2D eigenvalue weighted by Gasteiger charge is -2.17. The Balaban J connectivity index is 1.85. The third-order valence-electron chi connectivity index (χ3n) is 3.19. The van der Waals surface area contributed by atoms with Crippen molar-refractivity contribution in [3.8, 4) is 11.5 Å². The first-order valence-electron chi connectivity index (χ1n) is 7.03. The summed E-state index contributed by atoms with van der Waals surface area (Å²) in [6.07, 6.45) is -0.00865. The largest absolute Gasteiger partial charge is 0.439 e. The molecule has 0 saturated carbocycles. The molecule has 0 saturated heterocycles. The highest BCUT2D eigenvalue weighted by Gasteiger charge is 2.20. The number of nitrogens with zero attached hydrogens (tertiary/aromatic N) is 5. The van der Waals surface area contributed by atoms with Gasteiger partial charge in [0.15, 0.2) is 6.10 Å². The molecule has 3 rings (SSSR count). The van der Waals surface area contributed by atoms with Crippen LogP contribution in [0.2, 0.25) is 5.02 Å². The highest BCUT2D eigenvalue weighted by atomic mass is 35.5. The minimum Gasteiger partial charge on any atom is -0.439 e. The van der Waals surface area contributed by atoms with Gasteiger partial charge in [0.25, 0.3) is 0 Å². The van der Waals surface area contributed by atoms with Crippen molar-refractivity contribution in [2.75, 3.05) is 0 Å². The normalized spacial score (nSPS) is 11.9. The van der Waals surface area contributed by atoms with Crippen LogP contribution in [0.25, 0.3) is 11.5 Å². The number of carbonyl (C=O) groups is 1. The molecule has 1 atom stereocenters. The number of halogens is 1. The maximum Gasteiger partial charge on any atom is 0.405 e. The smallest absolute Gasteiger partial charge is 0.405 e. The Morgan fingerprint density at radius 1 is 1.25 bits per heavy atom. The number of hydrogen-bond acceptors (Lipinski definition) is 6. The molecule has 2 heterocycles. The Labute approximate surface area is 142 Å². The molecule has 1 unspecified atom stereocenters. The number of benzene rings is 1. The molecule has 2 aromatic heterocycles. The summed E-state index contributed by atoms with van der Waals surface area (Å²) in [5.41, 5.74) is 6.35. The van der Waals surface area contributed by atoms with Gasteiger partial charge in [0.1, 0.15) is 12.2 Å². The molecule has 2 N–H and O–H groups in total. The second kappa shape index (κ2) is 7.05. The number of hydrogen-bond donors (Lipinski definition) is 1. The van der Waals surface area contributed by atoms with Gasteiger partial charge in [-0.1, -0.05) is 35.9 Å². The third kappa shape index (κ3) is 3.66. The summed E-state index contributed by atoms with van der Waals surface area (Å²) >= 11 is 6.16. The van der Waals surface area contributed by atoms with Crippen molar-refractivity contribution in [3.63, 3.8) is 0 Å². The molecule has 3 aromatic rings. The van der Waals surface area contributed by atoms with E-state index >= 15 is 0 Å². The van der Waals surface area contributed by atoms with Gasteiger partial charge in [-0.2, -0.15) is 4.80 Å². The monoisotopic (exact) mass is 344 g/mol. The number of aromatic nitrogens is 5. The van der Waals surface area contributed by atoms with Crippen LogP contribution in [0.3, 0.4) is 0 Å². The van der Waals surface area contributed by atoms with Gasteiger partial charge in [-0.05, 0) is 23.4 Å². The Kier molecular flexibility index (Phi) is 4.66. The Bertz CT molecular complexity index is 839. The number of nitrogens with two attached hydrogens (primary N) is 1. The van der Waals surface area contributed by atoms with E-state index in [-0.39, 0.29) is 6.54 Å². The molecule has 0 aliphatic rings. The van der Waals surface area contributed by atoms with Crippen molar-refractivity contribution >= 4 is 17.7 Å². The van der Waals surface area contributed by atoms with Crippen LogP contribution < -0.4 is 5.73 Å². The summed E-state index contributed by atoms with van der Waals surface area (Å²) in [5.74, 6) is 0.368. The van der Waals surface area contributed by atoms with Crippen molar-refractivity contribution < 1.29 is 9.53 Å². The van der Waals surface area contributed by atoms with Crippen LogP contribution in [-0.4, -0.2) is 31.3 Å². The summed E-state index contributed by atoms with van der Waals surface area (Å²) in [7, 11) is 0. The van der Waals surface area contributed by atoms with Crippen molar-refractivity contribution in [1.29, 1.82) is 0 Å². The molecule has 0 fully saturated rings. The minimum atomic E-state index is -0.912. The van der Waals surface area contributed by atoms with E-state index in [0.29, 0.717) is 22.1 Å². The van der Waals surface area contributed by atoms with Gasteiger partial charge < -0.3 is 10.5 Å². The van der Waals surface area contributed by atoms with Crippen LogP contribution in [0, 0.1) is 0 Å². The van der Waals surface area contributed by atoms with Crippen LogP contribution >= 0.6 is 11.6 Å². The number of ether oxygens (including phenoxy) is 1. The summed E-state index contributed by atoms with van der Waals surface area (Å²) in [6, 6.07) is 12.4. The number of tetrazole rings is 1. The molecular formula is C15H13ClN6O2. The molecule has 0 aliphatic heterocycles. The van der Waals surface area contributed by atoms with E-state index in [2.05, 4.69) is 20.4 Å². The lowest BCUT2D eigenvalue weighted by atomic mass is 10.1. The van der Waals surface area contributed by atoms with Crippen molar-refractivity contribution in [2.45, 2.75) is 12.6 Å². The highest BCUT2D eigenvalue weighted by Crippen LogP contribution is 2.26. The van der Waals surface area contributed by atoms with E-state index in [0.717, 1.165) is 0 Å². The topological polar surface area (TPSA) is 109 Å². The molecule has 122 valence electrons. The molecule has 9 heteroatoms. The van der Waals surface area contributed by atoms with Gasteiger partial charge in [0.2, 0.25) is 5.82 Å². The molecule has 0 radical (unpaired) electrons. The zero-order valence-corrected chi connectivity index (χ0v) is 13.2. The molecule has 0 bridgehead atoms. The van der Waals surface area contributed by atoms with E-state index < -0.39 is 12.2 Å². The molecular weight excluding hydrogens is 332 g/mol. The molecule has 1 amide bonds. The van der Waals surface area contributed by atoms with Gasteiger partial charge in [-0.3, -0.25) is 4.98 Å². The maximum absolute atomic E-state index is 11.2. The van der Waals surface area contributed by atoms with Gasteiger partial charge in [-0.25, -0.2) is 4.79 Å². The second-order valence-corrected chi connectivity index (χ2v) is 5.24. The molecule has 1 aromatic carbocycles. The van der Waals surface area contributed by atoms with Crippen molar-refractivity contribution in [3.05, 3.63) is 59.2 Å². The number of carbonyl (C=O) groups excluding carboxylic acids is 1. The third-order valence-corrected chi connectivity index (χ3v) is 3.53. The van der Waals surface area contributed by atoms with Crippen LogP contribution in [-0.2, 0) is 11.3 Å². The number of pyridine rings is 1. The van der Waals surface area contributed by atoms with E-state index in [9.17, 15) is 4.79 Å². The predicted octanol–water partition coefficient (Wildman–Crippen LogP) is 2.23. The first-order valence-corrected chi connectivity index (χ1v) is 7.41. The molecule has 8 nitrogen and oxygen atoms in total. The second-order valence-electron chi connectivity index (χ2n) is 4.83. The summed E-state index contributed by atoms with van der Waals surface area (Å²) < 4.78 is 5.15. The summed E-state index contributed by atoms with van der Waals surface area (Å²) in [4.78, 5) is 16.7. The lowest BCUT2D eigenvalue weighted by Crippen LogP contribution is -2.22. The Hall–Kier alpha value is -3.00. The Morgan fingerprint density at radius 3 is 2.75 bits per heavy atom. The van der Waals surface area contributed by atoms with Gasteiger partial charge in [-0.15, -0.1) is 10.2 Å². The summed E-state index contributed by atoms with van der Waals surface area (Å²) in [6.45, 7) is 0.118. The van der Waals surface area contributed by atoms with Gasteiger partial charge in [0.05, 0.1) is 0 Å². The van der Waals surface area contributed by atoms with Gasteiger partial charge in [0, 0.05) is 16.8 Å². The van der Waals surface area contributed by atoms with Crippen LogP contribution in [0.5, 0.6) is 0 Å². The van der Waals surface area contributed by atoms with Crippen LogP contribution in [0.1, 0.15) is 11.7 Å². The molecule has 0 spiro atoms. The maximum atomic E-state index is 11.2. The van der Waals surface area contributed by atoms with Crippen LogP contribution in [0.4, 0.5) is 4.79 Å². The van der Waals surface area contributed by atoms with E-state index in [1.807, 2.05) is 6.07 Å². The van der Waals surface area contributed by atoms with E-state index in [1.165, 1.54) is 4.80 Å². The quantitative estimate of drug-likeness (QED) is 0.760. The predicted molar refractivity (Wildman–Crippen MR) is 85.9 cm³/mol. The lowest BCUT2D eigenvalue weighted by molar-refractivity contribution is 0.0901. The number of rotatable bonds is 5. The first-order chi connectivity index (χ1) is 11.6. The standard InChI is InChI=1S/C15H13ClN6O2/c16-11-6-2-1-5-10(11)13(24-15(17)23)9-22-20-14(19-21-22)12-7-3-4-8-18-12/h1-8,13H,9H2,(H2,17,23). The fraction of sp³-hybridized carbons (Fsp3) is 0.133. The van der Waals surface area contributed by atoms with Crippen molar-refractivity contribution in [2.24, 2.45) is 5.73 Å². The first kappa shape index (κ1) is 15.9. The molecule has 0 aliphatic carbocycles. The number of primary amides is 1. The van der Waals surface area contributed by atoms with Crippen LogP contribution in [0.15, 0.2) is 48.7 Å². The van der Waals surface area contributed by atoms with Crippen molar-refractivity contribution in [1.82, 2.24) is 25.2 Å². The Morgan fingerprint density at radius 2 is 2.04 bits per heavy atom. The van der Waals surface area contributed by atoms with E-state index in [1.54, 1.807) is 42.6 Å². The average molecular weight is 345 g/mol. The van der Waals surface area contributed by atoms with E-state index in [4.69, 9.17) is 22.1 Å². The number of amides is 1. The zero-order chi connectivity index (χ0) is 16.9. The SMILES string of the molecule is NC(=O)OC(Cn1nnc(-c2ccccn2)n1)c1ccccc1Cl. The van der Waals surface area contributed by atoms with Gasteiger partial charge >= 0.3 is 6.09 Å². The average Bonchev–Trinajstić information content (AvgIpc) is 3.04. The minimum absolute atomic E-state index is 0.118. The zero-order valence-electron chi connectivity index (χ0n) is 12.4. The highest BCUT2D eigenvalue weighted by molar-refractivity contribution is 6.31. The summed E-state index contributed by atoms with van der Waals surface area (Å²) in [5, 5.41) is 12.6. The fourth-order valence-electron chi connectivity index (χ4n) is 2.14. The molecule has 24 heavy (non-hydrogen) atoms. The fourth-order valence-corrected chi connectivity index (χ4v) is 2.40.